The van der Waals surface area contributed by atoms with Gasteiger partial charge in [-0.15, -0.1) is 11.3 Å². The average Bonchev–Trinajstić information content (AvgIpc) is 3.24. The Labute approximate surface area is 181 Å². The second kappa shape index (κ2) is 7.98. The van der Waals surface area contributed by atoms with Crippen LogP contribution in [0.25, 0.3) is 0 Å². The third-order valence-corrected chi connectivity index (χ3v) is 5.62. The number of anilines is 2. The second-order valence-electron chi connectivity index (χ2n) is 6.99. The van der Waals surface area contributed by atoms with Gasteiger partial charge in [0.05, 0.1) is 27.5 Å². The Kier molecular flexibility index (Phi) is 5.38. The van der Waals surface area contributed by atoms with E-state index in [1.165, 1.54) is 29.5 Å². The Morgan fingerprint density at radius 1 is 1.13 bits per heavy atom. The molecule has 0 bridgehead atoms. The number of halogens is 1. The Balaban J connectivity index is 1.58. The molecule has 2 heterocycles. The van der Waals surface area contributed by atoms with E-state index in [4.69, 9.17) is 11.6 Å². The summed E-state index contributed by atoms with van der Waals surface area (Å²) >= 11 is 7.49. The van der Waals surface area contributed by atoms with Crippen LogP contribution in [-0.4, -0.2) is 41.7 Å². The third-order valence-electron chi connectivity index (χ3n) is 4.49. The molecular formula is C21H17ClN4O3S. The van der Waals surface area contributed by atoms with Crippen LogP contribution in [0.2, 0.25) is 5.02 Å². The zero-order chi connectivity index (χ0) is 21.4. The normalized spacial score (nSPS) is 13.1. The third kappa shape index (κ3) is 3.72. The molecule has 0 saturated heterocycles. The predicted octanol–water partition coefficient (Wildman–Crippen LogP) is 3.91. The van der Waals surface area contributed by atoms with Crippen LogP contribution < -0.4 is 10.2 Å². The molecule has 1 aliphatic rings. The van der Waals surface area contributed by atoms with Crippen molar-refractivity contribution in [3.63, 3.8) is 0 Å². The molecule has 0 aliphatic carbocycles. The van der Waals surface area contributed by atoms with Crippen LogP contribution in [0.15, 0.2) is 47.8 Å². The van der Waals surface area contributed by atoms with E-state index in [1.54, 1.807) is 24.3 Å². The molecule has 0 spiro atoms. The number of rotatable bonds is 5. The molecule has 1 aliphatic heterocycles. The van der Waals surface area contributed by atoms with Crippen molar-refractivity contribution >= 4 is 51.5 Å². The number of fused-ring (bicyclic) bond motifs is 1. The molecule has 30 heavy (non-hydrogen) atoms. The van der Waals surface area contributed by atoms with Gasteiger partial charge in [0.15, 0.2) is 5.13 Å². The summed E-state index contributed by atoms with van der Waals surface area (Å²) in [6.45, 7) is 0.666. The summed E-state index contributed by atoms with van der Waals surface area (Å²) in [5.74, 6) is -1.39. The van der Waals surface area contributed by atoms with Gasteiger partial charge < -0.3 is 4.90 Å². The van der Waals surface area contributed by atoms with E-state index in [-0.39, 0.29) is 16.7 Å². The van der Waals surface area contributed by atoms with Gasteiger partial charge in [0.1, 0.15) is 0 Å². The fraction of sp³-hybridized carbons (Fsp3) is 0.143. The minimum Gasteiger partial charge on any atom is -0.304 e. The van der Waals surface area contributed by atoms with Crippen LogP contribution in [0.1, 0.15) is 36.8 Å². The van der Waals surface area contributed by atoms with E-state index in [0.717, 1.165) is 10.6 Å². The summed E-state index contributed by atoms with van der Waals surface area (Å²) in [7, 11) is 3.87. The van der Waals surface area contributed by atoms with Crippen molar-refractivity contribution < 1.29 is 14.4 Å². The monoisotopic (exact) mass is 440 g/mol. The smallest absolute Gasteiger partial charge is 0.266 e. The molecule has 1 N–H and O–H groups in total. The summed E-state index contributed by atoms with van der Waals surface area (Å²) in [4.78, 5) is 45.7. The van der Waals surface area contributed by atoms with E-state index in [1.807, 2.05) is 24.4 Å². The first-order valence-corrected chi connectivity index (χ1v) is 10.3. The number of thiazole rings is 1. The number of carbonyl (C=O) groups excluding carboxylic acids is 3. The summed E-state index contributed by atoms with van der Waals surface area (Å²) in [5, 5.41) is 5.38. The molecule has 7 nitrogen and oxygen atoms in total. The molecule has 0 radical (unpaired) electrons. The number of nitrogens with one attached hydrogen (secondary N) is 1. The van der Waals surface area contributed by atoms with E-state index in [0.29, 0.717) is 22.4 Å². The fourth-order valence-electron chi connectivity index (χ4n) is 3.16. The van der Waals surface area contributed by atoms with Crippen molar-refractivity contribution in [1.29, 1.82) is 0 Å². The van der Waals surface area contributed by atoms with Gasteiger partial charge in [0, 0.05) is 17.5 Å². The first kappa shape index (κ1) is 20.2. The van der Waals surface area contributed by atoms with Gasteiger partial charge in [-0.25, -0.2) is 9.88 Å². The van der Waals surface area contributed by atoms with Crippen molar-refractivity contribution in [3.05, 3.63) is 75.3 Å². The van der Waals surface area contributed by atoms with Gasteiger partial charge in [-0.1, -0.05) is 23.7 Å². The number of hydrogen-bond acceptors (Lipinski definition) is 6. The molecule has 0 atom stereocenters. The lowest BCUT2D eigenvalue weighted by atomic mass is 10.1. The highest BCUT2D eigenvalue weighted by atomic mass is 35.5. The van der Waals surface area contributed by atoms with Gasteiger partial charge in [-0.3, -0.25) is 19.7 Å². The maximum atomic E-state index is 12.9. The quantitative estimate of drug-likeness (QED) is 0.608. The van der Waals surface area contributed by atoms with Crippen molar-refractivity contribution in [3.8, 4) is 0 Å². The molecule has 2 aromatic carbocycles. The maximum absolute atomic E-state index is 12.9. The number of amides is 3. The summed E-state index contributed by atoms with van der Waals surface area (Å²) < 4.78 is 0. The predicted molar refractivity (Wildman–Crippen MR) is 116 cm³/mol. The van der Waals surface area contributed by atoms with E-state index >= 15 is 0 Å². The highest BCUT2D eigenvalue weighted by molar-refractivity contribution is 7.14. The molecular weight excluding hydrogens is 424 g/mol. The highest BCUT2D eigenvalue weighted by Gasteiger charge is 2.38. The van der Waals surface area contributed by atoms with Crippen LogP contribution in [0.3, 0.4) is 0 Å². The minimum absolute atomic E-state index is 0.167. The van der Waals surface area contributed by atoms with Gasteiger partial charge in [0.25, 0.3) is 17.7 Å². The molecule has 1 aromatic heterocycles. The summed E-state index contributed by atoms with van der Waals surface area (Å²) in [6, 6.07) is 11.1. The molecule has 152 valence electrons. The standard InChI is InChI=1S/C21H17ClN4O3S/c1-25(2)10-13-11-30-21(23-13)24-18(27)12-7-8-14-15(9-12)20(29)26(19(14)28)17-6-4-3-5-16(17)22/h3-9,11H,10H2,1-2H3,(H,23,24,27). The van der Waals surface area contributed by atoms with E-state index < -0.39 is 17.7 Å². The topological polar surface area (TPSA) is 82.6 Å². The summed E-state index contributed by atoms with van der Waals surface area (Å²) in [6.07, 6.45) is 0. The van der Waals surface area contributed by atoms with Gasteiger partial charge >= 0.3 is 0 Å². The Morgan fingerprint density at radius 3 is 2.60 bits per heavy atom. The zero-order valence-electron chi connectivity index (χ0n) is 16.2. The first-order chi connectivity index (χ1) is 14.3. The highest BCUT2D eigenvalue weighted by Crippen LogP contribution is 2.33. The fourth-order valence-corrected chi connectivity index (χ4v) is 4.08. The van der Waals surface area contributed by atoms with Crippen LogP contribution in [0, 0.1) is 0 Å². The maximum Gasteiger partial charge on any atom is 0.266 e. The molecule has 0 unspecified atom stereocenters. The number of aromatic nitrogens is 1. The molecule has 3 aromatic rings. The molecule has 4 rings (SSSR count). The minimum atomic E-state index is -0.514. The second-order valence-corrected chi connectivity index (χ2v) is 8.26. The Bertz CT molecular complexity index is 1170. The molecule has 0 saturated carbocycles. The molecule has 0 fully saturated rings. The lowest BCUT2D eigenvalue weighted by Gasteiger charge is -2.15. The number of benzene rings is 2. The molecule has 9 heteroatoms. The Morgan fingerprint density at radius 2 is 1.87 bits per heavy atom. The largest absolute Gasteiger partial charge is 0.304 e. The number of para-hydroxylation sites is 1. The molecule has 3 amide bonds. The average molecular weight is 441 g/mol. The van der Waals surface area contributed by atoms with E-state index in [9.17, 15) is 14.4 Å². The van der Waals surface area contributed by atoms with Crippen molar-refractivity contribution in [2.75, 3.05) is 24.3 Å². The van der Waals surface area contributed by atoms with Gasteiger partial charge in [-0.05, 0) is 44.4 Å². The van der Waals surface area contributed by atoms with E-state index in [2.05, 4.69) is 10.3 Å². The summed E-state index contributed by atoms with van der Waals surface area (Å²) in [5.41, 5.74) is 1.83. The van der Waals surface area contributed by atoms with Crippen LogP contribution in [-0.2, 0) is 6.54 Å². The number of imide groups is 1. The van der Waals surface area contributed by atoms with Crippen molar-refractivity contribution in [2.45, 2.75) is 6.54 Å². The van der Waals surface area contributed by atoms with Crippen LogP contribution in [0.5, 0.6) is 0 Å². The van der Waals surface area contributed by atoms with Gasteiger partial charge in [-0.2, -0.15) is 0 Å². The lowest BCUT2D eigenvalue weighted by Crippen LogP contribution is -2.29. The SMILES string of the molecule is CN(C)Cc1csc(NC(=O)c2ccc3c(c2)C(=O)N(c2ccccc2Cl)C3=O)n1. The van der Waals surface area contributed by atoms with Crippen LogP contribution in [0.4, 0.5) is 10.8 Å². The zero-order valence-corrected chi connectivity index (χ0v) is 17.8. The Hall–Kier alpha value is -3.07. The number of carbonyl (C=O) groups is 3. The lowest BCUT2D eigenvalue weighted by molar-refractivity contribution is 0.0925. The number of nitrogens with zero attached hydrogens (tertiary/aromatic N) is 3. The van der Waals surface area contributed by atoms with Gasteiger partial charge in [0.2, 0.25) is 0 Å². The first-order valence-electron chi connectivity index (χ1n) is 9.03. The van der Waals surface area contributed by atoms with Crippen molar-refractivity contribution in [1.82, 2.24) is 9.88 Å². The van der Waals surface area contributed by atoms with Crippen molar-refractivity contribution in [2.24, 2.45) is 0 Å². The van der Waals surface area contributed by atoms with Crippen LogP contribution >= 0.6 is 22.9 Å². The number of hydrogen-bond donors (Lipinski definition) is 1.